The topological polar surface area (TPSA) is 75.8 Å². The molecule has 2 aliphatic rings. The molecule has 124 valence electrons. The Morgan fingerprint density at radius 1 is 1.36 bits per heavy atom. The maximum absolute atomic E-state index is 12.7. The molecule has 0 radical (unpaired) electrons. The zero-order valence-electron chi connectivity index (χ0n) is 14.1. The zero-order valence-corrected chi connectivity index (χ0v) is 14.1. The van der Waals surface area contributed by atoms with Crippen molar-refractivity contribution in [2.45, 2.75) is 70.8 Å². The van der Waals surface area contributed by atoms with E-state index in [0.717, 1.165) is 19.3 Å². The number of nitrogens with zero attached hydrogens (tertiary/aromatic N) is 2. The summed E-state index contributed by atoms with van der Waals surface area (Å²) in [5.41, 5.74) is 5.09. The second kappa shape index (κ2) is 6.80. The maximum Gasteiger partial charge on any atom is 0.257 e. The predicted octanol–water partition coefficient (Wildman–Crippen LogP) is 2.49. The van der Waals surface area contributed by atoms with Gasteiger partial charge in [-0.2, -0.15) is 0 Å². The molecule has 0 aromatic rings. The molecule has 1 aliphatic carbocycles. The van der Waals surface area contributed by atoms with E-state index in [1.54, 1.807) is 7.05 Å². The van der Waals surface area contributed by atoms with Gasteiger partial charge in [0.1, 0.15) is 11.3 Å². The summed E-state index contributed by atoms with van der Waals surface area (Å²) in [5, 5.41) is 0. The number of guanidine groups is 1. The summed E-state index contributed by atoms with van der Waals surface area (Å²) in [7, 11) is 1.67. The third kappa shape index (κ3) is 3.50. The smallest absolute Gasteiger partial charge is 0.257 e. The fourth-order valence-corrected chi connectivity index (χ4v) is 3.64. The fourth-order valence-electron chi connectivity index (χ4n) is 3.64. The number of ketones is 1. The van der Waals surface area contributed by atoms with E-state index in [1.165, 1.54) is 24.2 Å². The van der Waals surface area contributed by atoms with Crippen LogP contribution in [0.15, 0.2) is 4.99 Å². The van der Waals surface area contributed by atoms with E-state index in [-0.39, 0.29) is 23.6 Å². The minimum absolute atomic E-state index is 0.00212. The Bertz CT molecular complexity index is 467. The molecule has 2 rings (SSSR count). The Labute approximate surface area is 133 Å². The van der Waals surface area contributed by atoms with Crippen LogP contribution in [-0.2, 0) is 9.59 Å². The predicted molar refractivity (Wildman–Crippen MR) is 87.4 cm³/mol. The fraction of sp³-hybridized carbons (Fsp3) is 0.824. The third-order valence-electron chi connectivity index (χ3n) is 5.15. The normalized spacial score (nSPS) is 26.6. The van der Waals surface area contributed by atoms with Gasteiger partial charge in [-0.05, 0) is 18.8 Å². The maximum atomic E-state index is 12.7. The summed E-state index contributed by atoms with van der Waals surface area (Å²) in [4.78, 5) is 30.7. The number of carbonyl (C=O) groups excluding carboxylic acids is 2. The lowest BCUT2D eigenvalue weighted by Gasteiger charge is -2.31. The largest absolute Gasteiger partial charge is 0.369 e. The summed E-state index contributed by atoms with van der Waals surface area (Å²) in [5.74, 6) is 0.973. The number of hydrogen-bond donors (Lipinski definition) is 1. The number of Topliss-reactive ketones (excluding diaryl/α,β-unsaturated/α-hetero) is 1. The van der Waals surface area contributed by atoms with Gasteiger partial charge in [0.05, 0.1) is 0 Å². The van der Waals surface area contributed by atoms with Crippen LogP contribution in [0.3, 0.4) is 0 Å². The van der Waals surface area contributed by atoms with Crippen LogP contribution in [0, 0.1) is 11.8 Å². The van der Waals surface area contributed by atoms with Crippen molar-refractivity contribution in [2.75, 3.05) is 7.05 Å². The number of amides is 1. The Hall–Kier alpha value is -1.39. The molecule has 5 heteroatoms. The standard InChI is InChI=1S/C17H29N3O2/c1-12(2)14(21)9-10-17(11-13-7-5-4-6-8-13)15(22)20(3)16(18)19-17/h12-13H,4-11H2,1-3H3,(H2,18,19). The molecule has 1 aliphatic heterocycles. The first-order valence-corrected chi connectivity index (χ1v) is 8.52. The van der Waals surface area contributed by atoms with Gasteiger partial charge < -0.3 is 5.73 Å². The molecule has 1 atom stereocenters. The first kappa shape index (κ1) is 17.0. The van der Waals surface area contributed by atoms with Gasteiger partial charge in [-0.3, -0.25) is 14.5 Å². The Morgan fingerprint density at radius 3 is 2.50 bits per heavy atom. The highest BCUT2D eigenvalue weighted by atomic mass is 16.2. The molecule has 1 unspecified atom stereocenters. The minimum Gasteiger partial charge on any atom is -0.369 e. The van der Waals surface area contributed by atoms with E-state index in [0.29, 0.717) is 18.8 Å². The second-order valence-electron chi connectivity index (χ2n) is 7.19. The van der Waals surface area contributed by atoms with Crippen LogP contribution >= 0.6 is 0 Å². The number of aliphatic imine (C=N–C) groups is 1. The highest BCUT2D eigenvalue weighted by molar-refractivity contribution is 6.06. The Kier molecular flexibility index (Phi) is 5.24. The molecule has 1 saturated carbocycles. The second-order valence-corrected chi connectivity index (χ2v) is 7.19. The molecule has 22 heavy (non-hydrogen) atoms. The molecule has 0 saturated heterocycles. The van der Waals surface area contributed by atoms with Crippen LogP contribution in [0.2, 0.25) is 0 Å². The number of carbonyl (C=O) groups is 2. The van der Waals surface area contributed by atoms with Gasteiger partial charge in [0.25, 0.3) is 5.91 Å². The molecule has 0 bridgehead atoms. The molecule has 1 amide bonds. The van der Waals surface area contributed by atoms with Crippen molar-refractivity contribution in [3.8, 4) is 0 Å². The van der Waals surface area contributed by atoms with Crippen molar-refractivity contribution in [2.24, 2.45) is 22.6 Å². The van der Waals surface area contributed by atoms with Crippen molar-refractivity contribution < 1.29 is 9.59 Å². The van der Waals surface area contributed by atoms with Crippen molar-refractivity contribution in [1.82, 2.24) is 4.90 Å². The SMILES string of the molecule is CC(C)C(=O)CCC1(CC2CCCCC2)N=C(N)N(C)C1=O. The summed E-state index contributed by atoms with van der Waals surface area (Å²) in [6.45, 7) is 3.80. The highest BCUT2D eigenvalue weighted by Gasteiger charge is 2.47. The van der Waals surface area contributed by atoms with Crippen LogP contribution in [0.1, 0.15) is 65.2 Å². The van der Waals surface area contributed by atoms with Crippen molar-refractivity contribution in [3.05, 3.63) is 0 Å². The van der Waals surface area contributed by atoms with E-state index in [1.807, 2.05) is 13.8 Å². The van der Waals surface area contributed by atoms with Crippen molar-refractivity contribution >= 4 is 17.6 Å². The van der Waals surface area contributed by atoms with E-state index in [9.17, 15) is 9.59 Å². The molecule has 2 N–H and O–H groups in total. The van der Waals surface area contributed by atoms with Gasteiger partial charge in [0.2, 0.25) is 0 Å². The lowest BCUT2D eigenvalue weighted by atomic mass is 9.77. The molecule has 5 nitrogen and oxygen atoms in total. The highest BCUT2D eigenvalue weighted by Crippen LogP contribution is 2.38. The summed E-state index contributed by atoms with van der Waals surface area (Å²) in [6.07, 6.45) is 7.70. The summed E-state index contributed by atoms with van der Waals surface area (Å²) >= 11 is 0. The molecule has 0 spiro atoms. The van der Waals surface area contributed by atoms with Crippen LogP contribution in [0.4, 0.5) is 0 Å². The number of likely N-dealkylation sites (N-methyl/N-ethyl adjacent to an activating group) is 1. The zero-order chi connectivity index (χ0) is 16.3. The molecule has 0 aromatic carbocycles. The molecular weight excluding hydrogens is 278 g/mol. The van der Waals surface area contributed by atoms with E-state index in [4.69, 9.17) is 5.73 Å². The van der Waals surface area contributed by atoms with Gasteiger partial charge in [-0.15, -0.1) is 0 Å². The average molecular weight is 307 g/mol. The Balaban J connectivity index is 2.14. The van der Waals surface area contributed by atoms with Crippen molar-refractivity contribution in [3.63, 3.8) is 0 Å². The molecule has 0 aromatic heterocycles. The van der Waals surface area contributed by atoms with Gasteiger partial charge in [-0.25, -0.2) is 4.99 Å². The number of hydrogen-bond acceptors (Lipinski definition) is 4. The lowest BCUT2D eigenvalue weighted by molar-refractivity contribution is -0.131. The monoisotopic (exact) mass is 307 g/mol. The van der Waals surface area contributed by atoms with Gasteiger partial charge in [-0.1, -0.05) is 46.0 Å². The van der Waals surface area contributed by atoms with Gasteiger partial charge >= 0.3 is 0 Å². The Morgan fingerprint density at radius 2 is 2.00 bits per heavy atom. The van der Waals surface area contributed by atoms with Gasteiger partial charge in [0.15, 0.2) is 5.96 Å². The molecule has 1 heterocycles. The average Bonchev–Trinajstić information content (AvgIpc) is 2.70. The van der Waals surface area contributed by atoms with Crippen LogP contribution in [0.25, 0.3) is 0 Å². The van der Waals surface area contributed by atoms with Crippen LogP contribution in [0.5, 0.6) is 0 Å². The first-order valence-electron chi connectivity index (χ1n) is 8.52. The minimum atomic E-state index is -0.800. The van der Waals surface area contributed by atoms with Crippen LogP contribution < -0.4 is 5.73 Å². The van der Waals surface area contributed by atoms with E-state index >= 15 is 0 Å². The van der Waals surface area contributed by atoms with E-state index in [2.05, 4.69) is 4.99 Å². The lowest BCUT2D eigenvalue weighted by Crippen LogP contribution is -2.43. The number of nitrogens with two attached hydrogens (primary N) is 1. The van der Waals surface area contributed by atoms with Crippen LogP contribution in [-0.4, -0.2) is 35.1 Å². The number of rotatable bonds is 6. The van der Waals surface area contributed by atoms with Gasteiger partial charge in [0, 0.05) is 19.4 Å². The third-order valence-corrected chi connectivity index (χ3v) is 5.15. The molecular formula is C17H29N3O2. The first-order chi connectivity index (χ1) is 10.4. The molecule has 1 fully saturated rings. The quantitative estimate of drug-likeness (QED) is 0.819. The van der Waals surface area contributed by atoms with Crippen molar-refractivity contribution in [1.29, 1.82) is 0 Å². The van der Waals surface area contributed by atoms with E-state index < -0.39 is 5.54 Å². The summed E-state index contributed by atoms with van der Waals surface area (Å²) in [6, 6.07) is 0. The summed E-state index contributed by atoms with van der Waals surface area (Å²) < 4.78 is 0.